The highest BCUT2D eigenvalue weighted by Gasteiger charge is 2.21. The lowest BCUT2D eigenvalue weighted by Crippen LogP contribution is -2.53. The van der Waals surface area contributed by atoms with Gasteiger partial charge in [0.15, 0.2) is 0 Å². The van der Waals surface area contributed by atoms with E-state index in [1.165, 1.54) is 32.7 Å². The Morgan fingerprint density at radius 3 is 2.47 bits per heavy atom. The molecule has 0 radical (unpaired) electrons. The average Bonchev–Trinajstić information content (AvgIpc) is 2.29. The number of likely N-dealkylation sites (N-methyl/N-ethyl adjacent to an activating group) is 1. The number of nitrogens with one attached hydrogen (secondary N) is 1. The largest absolute Gasteiger partial charge is 0.313 e. The second-order valence-corrected chi connectivity index (χ2v) is 5.77. The summed E-state index contributed by atoms with van der Waals surface area (Å²) in [5.74, 6) is 0.728. The fraction of sp³-hybridized carbons (Fsp3) is 1.00. The molecule has 0 saturated carbocycles. The first-order valence-electron chi connectivity index (χ1n) is 7.24. The molecule has 1 aliphatic rings. The van der Waals surface area contributed by atoms with Crippen LogP contribution in [0.2, 0.25) is 0 Å². The molecule has 0 spiro atoms. The van der Waals surface area contributed by atoms with Gasteiger partial charge in [-0.15, -0.1) is 0 Å². The summed E-state index contributed by atoms with van der Waals surface area (Å²) < 4.78 is 0. The molecule has 0 aromatic rings. The van der Waals surface area contributed by atoms with Crippen LogP contribution in [0.25, 0.3) is 0 Å². The minimum atomic E-state index is 0.629. The first kappa shape index (κ1) is 14.9. The molecule has 2 atom stereocenters. The van der Waals surface area contributed by atoms with E-state index < -0.39 is 0 Å². The van der Waals surface area contributed by atoms with Crippen molar-refractivity contribution in [3.8, 4) is 0 Å². The monoisotopic (exact) mass is 241 g/mol. The standard InChI is InChI=1S/C14H31N3/c1-6-17-10-9-16(11-13(17)4)8-7-15-14(5)12(2)3/h12-15H,6-11H2,1-5H3. The maximum atomic E-state index is 3.61. The van der Waals surface area contributed by atoms with Gasteiger partial charge in [0.25, 0.3) is 0 Å². The number of piperazine rings is 1. The van der Waals surface area contributed by atoms with Gasteiger partial charge in [-0.1, -0.05) is 20.8 Å². The maximum absolute atomic E-state index is 3.61. The molecular weight excluding hydrogens is 210 g/mol. The van der Waals surface area contributed by atoms with E-state index in [1.54, 1.807) is 0 Å². The van der Waals surface area contributed by atoms with Gasteiger partial charge in [-0.25, -0.2) is 0 Å². The van der Waals surface area contributed by atoms with Crippen LogP contribution >= 0.6 is 0 Å². The van der Waals surface area contributed by atoms with Crippen LogP contribution in [0.1, 0.15) is 34.6 Å². The molecule has 0 aromatic heterocycles. The van der Waals surface area contributed by atoms with Crippen LogP contribution in [0.4, 0.5) is 0 Å². The van der Waals surface area contributed by atoms with Crippen molar-refractivity contribution in [3.63, 3.8) is 0 Å². The Balaban J connectivity index is 2.17. The summed E-state index contributed by atoms with van der Waals surface area (Å²) in [5.41, 5.74) is 0. The highest BCUT2D eigenvalue weighted by molar-refractivity contribution is 4.78. The molecule has 1 rings (SSSR count). The molecule has 2 unspecified atom stereocenters. The predicted octanol–water partition coefficient (Wildman–Crippen LogP) is 1.65. The Kier molecular flexibility index (Phi) is 6.45. The van der Waals surface area contributed by atoms with E-state index in [2.05, 4.69) is 49.7 Å². The van der Waals surface area contributed by atoms with Crippen LogP contribution in [0, 0.1) is 5.92 Å². The number of hydrogen-bond acceptors (Lipinski definition) is 3. The summed E-state index contributed by atoms with van der Waals surface area (Å²) in [6.07, 6.45) is 0. The molecule has 1 fully saturated rings. The fourth-order valence-electron chi connectivity index (χ4n) is 2.43. The van der Waals surface area contributed by atoms with Crippen molar-refractivity contribution in [2.24, 2.45) is 5.92 Å². The minimum absolute atomic E-state index is 0.629. The summed E-state index contributed by atoms with van der Waals surface area (Å²) in [6.45, 7) is 18.6. The van der Waals surface area contributed by atoms with E-state index in [-0.39, 0.29) is 0 Å². The molecule has 17 heavy (non-hydrogen) atoms. The summed E-state index contributed by atoms with van der Waals surface area (Å²) in [5, 5.41) is 3.61. The lowest BCUT2D eigenvalue weighted by atomic mass is 10.1. The second kappa shape index (κ2) is 7.34. The number of nitrogens with zero attached hydrogens (tertiary/aromatic N) is 2. The first-order valence-corrected chi connectivity index (χ1v) is 7.24. The first-order chi connectivity index (χ1) is 8.04. The highest BCUT2D eigenvalue weighted by atomic mass is 15.3. The average molecular weight is 241 g/mol. The number of hydrogen-bond donors (Lipinski definition) is 1. The lowest BCUT2D eigenvalue weighted by molar-refractivity contribution is 0.0880. The summed E-state index contributed by atoms with van der Waals surface area (Å²) in [4.78, 5) is 5.16. The molecule has 102 valence electrons. The van der Waals surface area contributed by atoms with Gasteiger partial charge in [0.2, 0.25) is 0 Å². The topological polar surface area (TPSA) is 18.5 Å². The normalized spacial score (nSPS) is 25.4. The molecule has 1 N–H and O–H groups in total. The Labute approximate surface area is 108 Å². The van der Waals surface area contributed by atoms with Crippen LogP contribution in [0.15, 0.2) is 0 Å². The van der Waals surface area contributed by atoms with Gasteiger partial charge in [-0.2, -0.15) is 0 Å². The molecule has 1 saturated heterocycles. The summed E-state index contributed by atoms with van der Waals surface area (Å²) in [7, 11) is 0. The highest BCUT2D eigenvalue weighted by Crippen LogP contribution is 2.08. The molecule has 0 amide bonds. The van der Waals surface area contributed by atoms with Crippen molar-refractivity contribution in [1.82, 2.24) is 15.1 Å². The Hall–Kier alpha value is -0.120. The molecule has 3 heteroatoms. The van der Waals surface area contributed by atoms with Gasteiger partial charge in [0.05, 0.1) is 0 Å². The van der Waals surface area contributed by atoms with Crippen molar-refractivity contribution in [2.75, 3.05) is 39.3 Å². The second-order valence-electron chi connectivity index (χ2n) is 5.77. The fourth-order valence-corrected chi connectivity index (χ4v) is 2.43. The zero-order valence-corrected chi connectivity index (χ0v) is 12.4. The maximum Gasteiger partial charge on any atom is 0.0195 e. The zero-order chi connectivity index (χ0) is 12.8. The molecule has 0 aliphatic carbocycles. The van der Waals surface area contributed by atoms with Crippen LogP contribution in [0.3, 0.4) is 0 Å². The summed E-state index contributed by atoms with van der Waals surface area (Å²) >= 11 is 0. The molecular formula is C14H31N3. The third-order valence-electron chi connectivity index (χ3n) is 4.15. The zero-order valence-electron chi connectivity index (χ0n) is 12.4. The van der Waals surface area contributed by atoms with Crippen LogP contribution in [-0.4, -0.2) is 61.2 Å². The molecule has 1 aliphatic heterocycles. The van der Waals surface area contributed by atoms with Gasteiger partial charge in [0, 0.05) is 44.8 Å². The smallest absolute Gasteiger partial charge is 0.0195 e. The van der Waals surface area contributed by atoms with Crippen molar-refractivity contribution < 1.29 is 0 Å². The van der Waals surface area contributed by atoms with E-state index in [9.17, 15) is 0 Å². The van der Waals surface area contributed by atoms with Crippen molar-refractivity contribution in [2.45, 2.75) is 46.7 Å². The lowest BCUT2D eigenvalue weighted by Gasteiger charge is -2.39. The molecule has 3 nitrogen and oxygen atoms in total. The van der Waals surface area contributed by atoms with Crippen LogP contribution in [0.5, 0.6) is 0 Å². The minimum Gasteiger partial charge on any atom is -0.313 e. The van der Waals surface area contributed by atoms with E-state index in [1.807, 2.05) is 0 Å². The van der Waals surface area contributed by atoms with E-state index in [4.69, 9.17) is 0 Å². The SMILES string of the molecule is CCN1CCN(CCNC(C)C(C)C)CC1C. The summed E-state index contributed by atoms with van der Waals surface area (Å²) in [6, 6.07) is 1.35. The Bertz CT molecular complexity index is 206. The Morgan fingerprint density at radius 2 is 1.94 bits per heavy atom. The van der Waals surface area contributed by atoms with Crippen LogP contribution in [-0.2, 0) is 0 Å². The van der Waals surface area contributed by atoms with Gasteiger partial charge in [-0.05, 0) is 26.3 Å². The predicted molar refractivity (Wildman–Crippen MR) is 75.5 cm³/mol. The van der Waals surface area contributed by atoms with E-state index in [0.717, 1.165) is 18.5 Å². The van der Waals surface area contributed by atoms with E-state index in [0.29, 0.717) is 6.04 Å². The molecule has 0 bridgehead atoms. The van der Waals surface area contributed by atoms with Crippen molar-refractivity contribution in [3.05, 3.63) is 0 Å². The van der Waals surface area contributed by atoms with Crippen LogP contribution < -0.4 is 5.32 Å². The third-order valence-corrected chi connectivity index (χ3v) is 4.15. The van der Waals surface area contributed by atoms with Gasteiger partial charge >= 0.3 is 0 Å². The van der Waals surface area contributed by atoms with Gasteiger partial charge in [-0.3, -0.25) is 9.80 Å². The van der Waals surface area contributed by atoms with Crippen molar-refractivity contribution >= 4 is 0 Å². The third kappa shape index (κ3) is 4.94. The van der Waals surface area contributed by atoms with Gasteiger partial charge < -0.3 is 5.32 Å². The molecule has 0 aromatic carbocycles. The number of rotatable bonds is 6. The van der Waals surface area contributed by atoms with Gasteiger partial charge in [0.1, 0.15) is 0 Å². The van der Waals surface area contributed by atoms with Crippen molar-refractivity contribution in [1.29, 1.82) is 0 Å². The Morgan fingerprint density at radius 1 is 1.24 bits per heavy atom. The quantitative estimate of drug-likeness (QED) is 0.763. The van der Waals surface area contributed by atoms with E-state index >= 15 is 0 Å². The molecule has 1 heterocycles.